The highest BCUT2D eigenvalue weighted by Crippen LogP contribution is 2.32. The highest BCUT2D eigenvalue weighted by atomic mass is 35.5. The van der Waals surface area contributed by atoms with Gasteiger partial charge in [-0.15, -0.1) is 12.4 Å². The van der Waals surface area contributed by atoms with Crippen LogP contribution in [0.3, 0.4) is 0 Å². The Hall–Kier alpha value is -1.10. The van der Waals surface area contributed by atoms with Crippen LogP contribution in [0.4, 0.5) is 0 Å². The fourth-order valence-corrected chi connectivity index (χ4v) is 2.74. The molecule has 1 aliphatic heterocycles. The lowest BCUT2D eigenvalue weighted by molar-refractivity contribution is -0.139. The van der Waals surface area contributed by atoms with E-state index in [0.29, 0.717) is 13.0 Å². The zero-order chi connectivity index (χ0) is 13.1. The van der Waals surface area contributed by atoms with E-state index in [1.165, 1.54) is 5.56 Å². The van der Waals surface area contributed by atoms with Crippen molar-refractivity contribution in [2.24, 2.45) is 5.73 Å². The Kier molecular flexibility index (Phi) is 5.79. The second-order valence-electron chi connectivity index (χ2n) is 4.86. The number of piperidine rings is 1. The number of rotatable bonds is 3. The van der Waals surface area contributed by atoms with Gasteiger partial charge in [-0.05, 0) is 18.9 Å². The first kappa shape index (κ1) is 16.0. The van der Waals surface area contributed by atoms with Gasteiger partial charge in [0.1, 0.15) is 0 Å². The molecule has 2 rings (SSSR count). The number of benzene rings is 1. The van der Waals surface area contributed by atoms with E-state index in [-0.39, 0.29) is 36.9 Å². The van der Waals surface area contributed by atoms with Crippen molar-refractivity contribution in [3.05, 3.63) is 35.9 Å². The zero-order valence-corrected chi connectivity index (χ0v) is 11.8. The Bertz CT molecular complexity index is 413. The molecular formula is C14H21ClN2O2. The van der Waals surface area contributed by atoms with E-state index >= 15 is 0 Å². The van der Waals surface area contributed by atoms with Crippen molar-refractivity contribution in [1.82, 2.24) is 4.90 Å². The Morgan fingerprint density at radius 1 is 1.37 bits per heavy atom. The first-order chi connectivity index (χ1) is 8.65. The molecule has 1 aliphatic rings. The summed E-state index contributed by atoms with van der Waals surface area (Å²) >= 11 is 0. The lowest BCUT2D eigenvalue weighted by atomic mass is 9.82. The van der Waals surface area contributed by atoms with Crippen LogP contribution in [-0.2, 0) is 4.79 Å². The average Bonchev–Trinajstić information content (AvgIpc) is 2.40. The van der Waals surface area contributed by atoms with Crippen LogP contribution in [0.25, 0.3) is 0 Å². The van der Waals surface area contributed by atoms with Crippen molar-refractivity contribution in [3.63, 3.8) is 0 Å². The molecule has 1 fully saturated rings. The van der Waals surface area contributed by atoms with E-state index in [4.69, 9.17) is 10.8 Å². The van der Waals surface area contributed by atoms with Gasteiger partial charge in [-0.1, -0.05) is 30.3 Å². The zero-order valence-electron chi connectivity index (χ0n) is 11.0. The van der Waals surface area contributed by atoms with Gasteiger partial charge in [-0.3, -0.25) is 4.79 Å². The molecule has 0 radical (unpaired) electrons. The monoisotopic (exact) mass is 284 g/mol. The topological polar surface area (TPSA) is 66.6 Å². The van der Waals surface area contributed by atoms with Crippen LogP contribution in [0.2, 0.25) is 0 Å². The number of aliphatic hydroxyl groups excluding tert-OH is 1. The summed E-state index contributed by atoms with van der Waals surface area (Å²) in [5.74, 6) is 0.189. The summed E-state index contributed by atoms with van der Waals surface area (Å²) in [6.45, 7) is 2.36. The SMILES string of the molecule is CC1C(c2ccccc2)CC(N)C(=O)N1CCO.Cl. The maximum atomic E-state index is 12.0. The molecule has 1 heterocycles. The molecule has 0 bridgehead atoms. The van der Waals surface area contributed by atoms with Crippen molar-refractivity contribution in [2.75, 3.05) is 13.2 Å². The molecule has 19 heavy (non-hydrogen) atoms. The molecule has 106 valence electrons. The average molecular weight is 285 g/mol. The first-order valence-electron chi connectivity index (χ1n) is 6.37. The molecule has 1 saturated heterocycles. The van der Waals surface area contributed by atoms with E-state index < -0.39 is 6.04 Å². The molecule has 3 unspecified atom stereocenters. The highest BCUT2D eigenvalue weighted by Gasteiger charge is 2.37. The van der Waals surface area contributed by atoms with Gasteiger partial charge in [0.2, 0.25) is 5.91 Å². The van der Waals surface area contributed by atoms with Crippen LogP contribution in [0, 0.1) is 0 Å². The molecule has 1 aromatic carbocycles. The lowest BCUT2D eigenvalue weighted by Crippen LogP contribution is -2.56. The van der Waals surface area contributed by atoms with Gasteiger partial charge < -0.3 is 15.7 Å². The van der Waals surface area contributed by atoms with Gasteiger partial charge in [0, 0.05) is 18.5 Å². The maximum absolute atomic E-state index is 12.0. The van der Waals surface area contributed by atoms with E-state index in [1.807, 2.05) is 25.1 Å². The minimum atomic E-state index is -0.460. The van der Waals surface area contributed by atoms with Gasteiger partial charge in [-0.2, -0.15) is 0 Å². The van der Waals surface area contributed by atoms with E-state index in [1.54, 1.807) is 4.90 Å². The van der Waals surface area contributed by atoms with Crippen molar-refractivity contribution >= 4 is 18.3 Å². The molecule has 4 nitrogen and oxygen atoms in total. The van der Waals surface area contributed by atoms with Crippen LogP contribution in [0.5, 0.6) is 0 Å². The normalized spacial score (nSPS) is 27.0. The number of nitrogens with two attached hydrogens (primary N) is 1. The number of aliphatic hydroxyl groups is 1. The molecule has 5 heteroatoms. The molecule has 1 aromatic rings. The Morgan fingerprint density at radius 3 is 2.58 bits per heavy atom. The number of β-amino-alcohol motifs (C(OH)–C–C–N with tert-alkyl or cyclic N) is 1. The number of hydrogen-bond acceptors (Lipinski definition) is 3. The first-order valence-corrected chi connectivity index (χ1v) is 6.37. The number of hydrogen-bond donors (Lipinski definition) is 2. The van der Waals surface area contributed by atoms with Crippen LogP contribution >= 0.6 is 12.4 Å². The van der Waals surface area contributed by atoms with Crippen molar-refractivity contribution < 1.29 is 9.90 Å². The summed E-state index contributed by atoms with van der Waals surface area (Å²) in [4.78, 5) is 13.7. The molecule has 0 saturated carbocycles. The van der Waals surface area contributed by atoms with Crippen LogP contribution in [0.1, 0.15) is 24.8 Å². The summed E-state index contributed by atoms with van der Waals surface area (Å²) in [7, 11) is 0. The molecule has 1 amide bonds. The van der Waals surface area contributed by atoms with Gasteiger partial charge in [0.05, 0.1) is 12.6 Å². The summed E-state index contributed by atoms with van der Waals surface area (Å²) in [6.07, 6.45) is 0.673. The van der Waals surface area contributed by atoms with Gasteiger partial charge in [0.25, 0.3) is 0 Å². The highest BCUT2D eigenvalue weighted by molar-refractivity contribution is 5.85. The summed E-state index contributed by atoms with van der Waals surface area (Å²) in [5.41, 5.74) is 7.12. The second kappa shape index (κ2) is 6.89. The van der Waals surface area contributed by atoms with Crippen LogP contribution in [0.15, 0.2) is 30.3 Å². The second-order valence-corrected chi connectivity index (χ2v) is 4.86. The van der Waals surface area contributed by atoms with Gasteiger partial charge in [-0.25, -0.2) is 0 Å². The Labute approximate surface area is 120 Å². The molecule has 3 N–H and O–H groups in total. The lowest BCUT2D eigenvalue weighted by Gasteiger charge is -2.41. The molecule has 0 spiro atoms. The van der Waals surface area contributed by atoms with Crippen LogP contribution in [-0.4, -0.2) is 41.1 Å². The summed E-state index contributed by atoms with van der Waals surface area (Å²) in [5, 5.41) is 9.06. The summed E-state index contributed by atoms with van der Waals surface area (Å²) in [6, 6.07) is 9.74. The minimum Gasteiger partial charge on any atom is -0.395 e. The number of halogens is 1. The van der Waals surface area contributed by atoms with Crippen LogP contribution < -0.4 is 5.73 Å². The molecule has 3 atom stereocenters. The summed E-state index contributed by atoms with van der Waals surface area (Å²) < 4.78 is 0. The van der Waals surface area contributed by atoms with E-state index in [2.05, 4.69) is 12.1 Å². The number of carbonyl (C=O) groups is 1. The van der Waals surface area contributed by atoms with Gasteiger partial charge in [0.15, 0.2) is 0 Å². The molecule has 0 aliphatic carbocycles. The third kappa shape index (κ3) is 3.26. The Balaban J connectivity index is 0.00000180. The quantitative estimate of drug-likeness (QED) is 0.874. The number of amides is 1. The fraction of sp³-hybridized carbons (Fsp3) is 0.500. The van der Waals surface area contributed by atoms with Crippen molar-refractivity contribution in [3.8, 4) is 0 Å². The van der Waals surface area contributed by atoms with Gasteiger partial charge >= 0.3 is 0 Å². The predicted molar refractivity (Wildman–Crippen MR) is 77.3 cm³/mol. The van der Waals surface area contributed by atoms with Crippen molar-refractivity contribution in [1.29, 1.82) is 0 Å². The third-order valence-corrected chi connectivity index (χ3v) is 3.75. The maximum Gasteiger partial charge on any atom is 0.239 e. The predicted octanol–water partition coefficient (Wildman–Crippen LogP) is 1.13. The largest absolute Gasteiger partial charge is 0.395 e. The molecular weight excluding hydrogens is 264 g/mol. The smallest absolute Gasteiger partial charge is 0.239 e. The van der Waals surface area contributed by atoms with Crippen molar-refractivity contribution in [2.45, 2.75) is 31.3 Å². The Morgan fingerprint density at radius 2 is 2.00 bits per heavy atom. The number of carbonyl (C=O) groups excluding carboxylic acids is 1. The third-order valence-electron chi connectivity index (χ3n) is 3.75. The fourth-order valence-electron chi connectivity index (χ4n) is 2.74. The standard InChI is InChI=1S/C14H20N2O2.ClH/c1-10-12(11-5-3-2-4-6-11)9-13(15)14(18)16(10)7-8-17;/h2-6,10,12-13,17H,7-9,15H2,1H3;1H. The minimum absolute atomic E-state index is 0. The van der Waals surface area contributed by atoms with E-state index in [0.717, 1.165) is 0 Å². The number of likely N-dealkylation sites (tertiary alicyclic amines) is 1. The molecule has 0 aromatic heterocycles. The van der Waals surface area contributed by atoms with E-state index in [9.17, 15) is 4.79 Å². The number of nitrogens with zero attached hydrogens (tertiary/aromatic N) is 1.